The molecule has 5 nitrogen and oxygen atoms in total. The second-order valence-corrected chi connectivity index (χ2v) is 9.42. The van der Waals surface area contributed by atoms with Gasteiger partial charge in [0, 0.05) is 26.7 Å². The van der Waals surface area contributed by atoms with Crippen molar-refractivity contribution in [2.75, 3.05) is 0 Å². The summed E-state index contributed by atoms with van der Waals surface area (Å²) in [5.41, 5.74) is -0.414. The van der Waals surface area contributed by atoms with E-state index in [-0.39, 0.29) is 36.8 Å². The minimum Gasteiger partial charge on any atom is -0.507 e. The third kappa shape index (κ3) is 3.89. The monoisotopic (exact) mass is 492 g/mol. The van der Waals surface area contributed by atoms with E-state index in [0.29, 0.717) is 0 Å². The molecular weight excluding hydrogens is 482 g/mol. The van der Waals surface area contributed by atoms with Crippen LogP contribution in [0.25, 0.3) is 0 Å². The van der Waals surface area contributed by atoms with Gasteiger partial charge in [-0.2, -0.15) is 8.42 Å². The van der Waals surface area contributed by atoms with Gasteiger partial charge in [-0.1, -0.05) is 58.5 Å². The lowest BCUT2D eigenvalue weighted by molar-refractivity contribution is 0.431. The van der Waals surface area contributed by atoms with Gasteiger partial charge >= 0.3 is 0 Å². The molecule has 0 saturated heterocycles. The zero-order valence-corrected chi connectivity index (χ0v) is 18.1. The van der Waals surface area contributed by atoms with Crippen molar-refractivity contribution in [1.29, 1.82) is 0 Å². The molecule has 0 radical (unpaired) electrons. The van der Waals surface area contributed by atoms with Gasteiger partial charge in [0.1, 0.15) is 11.5 Å². The van der Waals surface area contributed by atoms with Gasteiger partial charge in [0.2, 0.25) is 0 Å². The van der Waals surface area contributed by atoms with Crippen molar-refractivity contribution >= 4 is 56.5 Å². The highest BCUT2D eigenvalue weighted by Gasteiger charge is 2.50. The summed E-state index contributed by atoms with van der Waals surface area (Å²) in [6.45, 7) is 0. The first-order valence-electron chi connectivity index (χ1n) is 7.88. The van der Waals surface area contributed by atoms with Gasteiger partial charge in [0.25, 0.3) is 10.1 Å². The van der Waals surface area contributed by atoms with E-state index in [0.717, 1.165) is 12.1 Å². The van der Waals surface area contributed by atoms with Crippen LogP contribution in [-0.4, -0.2) is 23.2 Å². The number of rotatable bonds is 4. The van der Waals surface area contributed by atoms with Crippen molar-refractivity contribution in [3.05, 3.63) is 91.4 Å². The van der Waals surface area contributed by atoms with Crippen LogP contribution in [0.3, 0.4) is 0 Å². The van der Waals surface area contributed by atoms with E-state index in [4.69, 9.17) is 46.4 Å². The van der Waals surface area contributed by atoms with E-state index in [9.17, 15) is 23.2 Å². The zero-order chi connectivity index (χ0) is 21.6. The molecular formula is C19H12Cl4O5S. The normalized spacial score (nSPS) is 13.8. The fourth-order valence-electron chi connectivity index (χ4n) is 3.21. The third-order valence-corrected chi connectivity index (χ3v) is 6.77. The molecule has 0 heterocycles. The first-order valence-corrected chi connectivity index (χ1v) is 10.8. The van der Waals surface area contributed by atoms with E-state index in [2.05, 4.69) is 0 Å². The molecule has 0 fully saturated rings. The predicted octanol–water partition coefficient (Wildman–Crippen LogP) is 5.89. The first kappa shape index (κ1) is 22.0. The summed E-state index contributed by atoms with van der Waals surface area (Å²) in [4.78, 5) is 0. The minimum absolute atomic E-state index is 0.0112. The number of benzene rings is 3. The largest absolute Gasteiger partial charge is 0.507 e. The Balaban J connectivity index is 2.60. The Bertz CT molecular complexity index is 1190. The Hall–Kier alpha value is -1.67. The van der Waals surface area contributed by atoms with Crippen LogP contribution in [0.2, 0.25) is 20.1 Å². The highest BCUT2D eigenvalue weighted by Crippen LogP contribution is 2.50. The fourth-order valence-corrected chi connectivity index (χ4v) is 5.37. The molecule has 0 saturated carbocycles. The number of phenolic OH excluding ortho intramolecular Hbond substituents is 2. The van der Waals surface area contributed by atoms with E-state index in [1.807, 2.05) is 0 Å². The molecule has 3 aromatic rings. The lowest BCUT2D eigenvalue weighted by atomic mass is 9.83. The minimum atomic E-state index is -5.06. The quantitative estimate of drug-likeness (QED) is 0.311. The van der Waals surface area contributed by atoms with Crippen LogP contribution in [0.15, 0.2) is 54.6 Å². The predicted molar refractivity (Wildman–Crippen MR) is 114 cm³/mol. The standard InChI is InChI=1S/C19H12Cl4O5S/c20-12-3-1-2-10(4-12)19(29(26,27)28,11-5-13(21)7-14(22)6-11)15-8-16(23)18(25)9-17(15)24/h1-9,24-25H,(H,26,27,28). The molecule has 1 atom stereocenters. The number of hydrogen-bond acceptors (Lipinski definition) is 4. The molecule has 0 bridgehead atoms. The highest BCUT2D eigenvalue weighted by molar-refractivity contribution is 7.87. The molecule has 0 aliphatic heterocycles. The van der Waals surface area contributed by atoms with Crippen LogP contribution in [-0.2, 0) is 14.9 Å². The molecule has 0 amide bonds. The van der Waals surface area contributed by atoms with Crippen LogP contribution in [0, 0.1) is 0 Å². The summed E-state index contributed by atoms with van der Waals surface area (Å²) in [6, 6.07) is 11.5. The number of phenols is 2. The van der Waals surface area contributed by atoms with Crippen molar-refractivity contribution < 1.29 is 23.2 Å². The molecule has 29 heavy (non-hydrogen) atoms. The summed E-state index contributed by atoms with van der Waals surface area (Å²) < 4.78 is 34.0. The number of aromatic hydroxyl groups is 2. The molecule has 0 aliphatic rings. The summed E-state index contributed by atoms with van der Waals surface area (Å²) >= 11 is 24.3. The molecule has 10 heteroatoms. The Kier molecular flexibility index (Phi) is 5.98. The lowest BCUT2D eigenvalue weighted by Gasteiger charge is -2.33. The van der Waals surface area contributed by atoms with E-state index in [1.54, 1.807) is 0 Å². The molecule has 3 rings (SSSR count). The second kappa shape index (κ2) is 7.87. The number of hydrogen-bond donors (Lipinski definition) is 3. The van der Waals surface area contributed by atoms with Crippen LogP contribution < -0.4 is 0 Å². The van der Waals surface area contributed by atoms with Crippen molar-refractivity contribution in [1.82, 2.24) is 0 Å². The summed E-state index contributed by atoms with van der Waals surface area (Å²) in [6.07, 6.45) is 0. The molecule has 0 aromatic heterocycles. The molecule has 152 valence electrons. The van der Waals surface area contributed by atoms with Crippen molar-refractivity contribution in [2.24, 2.45) is 0 Å². The van der Waals surface area contributed by atoms with Gasteiger partial charge in [-0.15, -0.1) is 0 Å². The molecule has 0 spiro atoms. The van der Waals surface area contributed by atoms with Gasteiger partial charge in [-0.05, 0) is 47.5 Å². The van der Waals surface area contributed by atoms with Crippen LogP contribution in [0.1, 0.15) is 16.7 Å². The van der Waals surface area contributed by atoms with Crippen LogP contribution in [0.5, 0.6) is 11.5 Å². The van der Waals surface area contributed by atoms with Crippen molar-refractivity contribution in [2.45, 2.75) is 4.75 Å². The second-order valence-electron chi connectivity index (χ2n) is 6.15. The fraction of sp³-hybridized carbons (Fsp3) is 0.0526. The van der Waals surface area contributed by atoms with Gasteiger partial charge in [0.15, 0.2) is 4.75 Å². The van der Waals surface area contributed by atoms with E-state index < -0.39 is 26.4 Å². The molecule has 0 aliphatic carbocycles. The average molecular weight is 494 g/mol. The molecule has 1 unspecified atom stereocenters. The molecule has 3 N–H and O–H groups in total. The summed E-state index contributed by atoms with van der Waals surface area (Å²) in [5, 5.41) is 20.5. The summed E-state index contributed by atoms with van der Waals surface area (Å²) in [5.74, 6) is -1.12. The van der Waals surface area contributed by atoms with Gasteiger partial charge < -0.3 is 10.2 Å². The van der Waals surface area contributed by atoms with Crippen LogP contribution in [0.4, 0.5) is 0 Å². The summed E-state index contributed by atoms with van der Waals surface area (Å²) in [7, 11) is -5.06. The van der Waals surface area contributed by atoms with Crippen LogP contribution >= 0.6 is 46.4 Å². The van der Waals surface area contributed by atoms with Crippen molar-refractivity contribution in [3.63, 3.8) is 0 Å². The van der Waals surface area contributed by atoms with Gasteiger partial charge in [-0.3, -0.25) is 4.55 Å². The van der Waals surface area contributed by atoms with E-state index >= 15 is 0 Å². The SMILES string of the molecule is O=S(=O)(O)C(c1cccc(Cl)c1)(c1cc(Cl)cc(Cl)c1)c1cc(Cl)c(O)cc1O. The third-order valence-electron chi connectivity index (χ3n) is 4.33. The zero-order valence-electron chi connectivity index (χ0n) is 14.3. The topological polar surface area (TPSA) is 94.8 Å². The maximum absolute atomic E-state index is 12.9. The Labute approximate surface area is 186 Å². The average Bonchev–Trinajstić information content (AvgIpc) is 2.58. The Morgan fingerprint density at radius 1 is 0.724 bits per heavy atom. The molecule has 3 aromatic carbocycles. The Morgan fingerprint density at radius 2 is 1.31 bits per heavy atom. The maximum atomic E-state index is 12.9. The Morgan fingerprint density at radius 3 is 1.86 bits per heavy atom. The highest BCUT2D eigenvalue weighted by atomic mass is 35.5. The lowest BCUT2D eigenvalue weighted by Crippen LogP contribution is -2.38. The smallest absolute Gasteiger partial charge is 0.283 e. The number of halogens is 4. The first-order chi connectivity index (χ1) is 13.5. The van der Waals surface area contributed by atoms with Crippen molar-refractivity contribution in [3.8, 4) is 11.5 Å². The van der Waals surface area contributed by atoms with Gasteiger partial charge in [-0.25, -0.2) is 0 Å². The van der Waals surface area contributed by atoms with E-state index in [1.165, 1.54) is 42.5 Å². The maximum Gasteiger partial charge on any atom is 0.283 e. The van der Waals surface area contributed by atoms with Gasteiger partial charge in [0.05, 0.1) is 5.02 Å².